The molecule has 2 aromatic rings. The van der Waals surface area contributed by atoms with E-state index < -0.39 is 17.5 Å². The second-order valence-corrected chi connectivity index (χ2v) is 4.69. The quantitative estimate of drug-likeness (QED) is 0.848. The van der Waals surface area contributed by atoms with E-state index >= 15 is 0 Å². The van der Waals surface area contributed by atoms with Crippen molar-refractivity contribution in [2.75, 3.05) is 12.4 Å². The van der Waals surface area contributed by atoms with Crippen LogP contribution in [0.1, 0.15) is 15.9 Å². The molecule has 0 radical (unpaired) electrons. The van der Waals surface area contributed by atoms with Gasteiger partial charge in [-0.3, -0.25) is 0 Å². The zero-order valence-corrected chi connectivity index (χ0v) is 11.9. The molecular formula is C15H13ClFNO3. The maximum absolute atomic E-state index is 13.2. The van der Waals surface area contributed by atoms with Crippen LogP contribution in [0.5, 0.6) is 5.75 Å². The van der Waals surface area contributed by atoms with Crippen molar-refractivity contribution < 1.29 is 19.0 Å². The number of carbonyl (C=O) groups is 1. The topological polar surface area (TPSA) is 58.6 Å². The summed E-state index contributed by atoms with van der Waals surface area (Å²) < 4.78 is 17.8. The van der Waals surface area contributed by atoms with Gasteiger partial charge in [-0.2, -0.15) is 0 Å². The fraction of sp³-hybridized carbons (Fsp3) is 0.133. The molecule has 0 spiro atoms. The van der Waals surface area contributed by atoms with Gasteiger partial charge >= 0.3 is 5.97 Å². The average molecular weight is 310 g/mol. The van der Waals surface area contributed by atoms with Crippen LogP contribution in [0.2, 0.25) is 5.02 Å². The highest BCUT2D eigenvalue weighted by atomic mass is 35.5. The first-order chi connectivity index (χ1) is 10.0. The van der Waals surface area contributed by atoms with Gasteiger partial charge in [0.2, 0.25) is 0 Å². The smallest absolute Gasteiger partial charge is 0.339 e. The van der Waals surface area contributed by atoms with E-state index in [1.165, 1.54) is 25.3 Å². The molecule has 2 aromatic carbocycles. The van der Waals surface area contributed by atoms with Crippen molar-refractivity contribution in [2.45, 2.75) is 6.54 Å². The Morgan fingerprint density at radius 2 is 2.14 bits per heavy atom. The molecule has 0 aliphatic carbocycles. The number of aromatic hydroxyl groups is 1. The summed E-state index contributed by atoms with van der Waals surface area (Å²) in [5.74, 6) is -1.62. The molecule has 6 heteroatoms. The molecule has 4 nitrogen and oxygen atoms in total. The number of carbonyl (C=O) groups excluding carboxylic acids is 1. The summed E-state index contributed by atoms with van der Waals surface area (Å²) in [4.78, 5) is 11.5. The number of anilines is 1. The maximum Gasteiger partial charge on any atom is 0.339 e. The first kappa shape index (κ1) is 15.1. The Hall–Kier alpha value is -2.27. The largest absolute Gasteiger partial charge is 0.505 e. The van der Waals surface area contributed by atoms with Gasteiger partial charge in [0.15, 0.2) is 11.6 Å². The number of para-hydroxylation sites is 1. The van der Waals surface area contributed by atoms with Gasteiger partial charge in [-0.1, -0.05) is 23.7 Å². The van der Waals surface area contributed by atoms with Gasteiger partial charge in [0, 0.05) is 17.8 Å². The molecule has 0 saturated heterocycles. The van der Waals surface area contributed by atoms with Crippen molar-refractivity contribution in [1.82, 2.24) is 0 Å². The van der Waals surface area contributed by atoms with Gasteiger partial charge in [-0.05, 0) is 24.3 Å². The van der Waals surface area contributed by atoms with Gasteiger partial charge in [0.25, 0.3) is 0 Å². The Bertz CT molecular complexity index is 676. The number of halogens is 2. The number of phenols is 1. The van der Waals surface area contributed by atoms with Gasteiger partial charge in [-0.15, -0.1) is 0 Å². The van der Waals surface area contributed by atoms with Gasteiger partial charge in [0.1, 0.15) is 0 Å². The summed E-state index contributed by atoms with van der Waals surface area (Å²) in [6, 6.07) is 9.05. The fourth-order valence-electron chi connectivity index (χ4n) is 1.80. The lowest BCUT2D eigenvalue weighted by Gasteiger charge is -2.10. The third-order valence-corrected chi connectivity index (χ3v) is 3.25. The first-order valence-electron chi connectivity index (χ1n) is 6.11. The summed E-state index contributed by atoms with van der Waals surface area (Å²) in [5, 5.41) is 12.9. The molecule has 0 bridgehead atoms. The molecule has 0 amide bonds. The third kappa shape index (κ3) is 3.44. The minimum Gasteiger partial charge on any atom is -0.505 e. The Morgan fingerprint density at radius 1 is 1.38 bits per heavy atom. The minimum absolute atomic E-state index is 0.200. The first-order valence-corrected chi connectivity index (χ1v) is 6.49. The van der Waals surface area contributed by atoms with Crippen LogP contribution in [-0.2, 0) is 11.3 Å². The van der Waals surface area contributed by atoms with Crippen molar-refractivity contribution in [2.24, 2.45) is 0 Å². The molecule has 2 rings (SSSR count). The van der Waals surface area contributed by atoms with Crippen molar-refractivity contribution in [1.29, 1.82) is 0 Å². The third-order valence-electron chi connectivity index (χ3n) is 2.92. The van der Waals surface area contributed by atoms with E-state index in [-0.39, 0.29) is 17.1 Å². The van der Waals surface area contributed by atoms with Crippen LogP contribution in [0.4, 0.5) is 10.1 Å². The fourth-order valence-corrected chi connectivity index (χ4v) is 2.00. The molecule has 0 aromatic heterocycles. The number of ether oxygens (including phenoxy) is 1. The predicted molar refractivity (Wildman–Crippen MR) is 78.2 cm³/mol. The minimum atomic E-state index is -0.680. The van der Waals surface area contributed by atoms with Gasteiger partial charge in [-0.25, -0.2) is 9.18 Å². The lowest BCUT2D eigenvalue weighted by Crippen LogP contribution is -2.05. The van der Waals surface area contributed by atoms with E-state index in [4.69, 9.17) is 11.6 Å². The van der Waals surface area contributed by atoms with Crippen LogP contribution in [0.25, 0.3) is 0 Å². The summed E-state index contributed by atoms with van der Waals surface area (Å²) in [6.07, 6.45) is 0. The molecule has 0 heterocycles. The highest BCUT2D eigenvalue weighted by molar-refractivity contribution is 6.33. The Balaban J connectivity index is 2.17. The van der Waals surface area contributed by atoms with Crippen LogP contribution in [0.15, 0.2) is 36.4 Å². The van der Waals surface area contributed by atoms with E-state index in [0.29, 0.717) is 11.3 Å². The highest BCUT2D eigenvalue weighted by Crippen LogP contribution is 2.24. The second-order valence-electron chi connectivity index (χ2n) is 4.29. The van der Waals surface area contributed by atoms with Crippen LogP contribution >= 0.6 is 11.6 Å². The summed E-state index contributed by atoms with van der Waals surface area (Å²) >= 11 is 5.91. The van der Waals surface area contributed by atoms with Crippen molar-refractivity contribution in [3.8, 4) is 5.75 Å². The van der Waals surface area contributed by atoms with Crippen LogP contribution in [0.3, 0.4) is 0 Å². The number of phenolic OH excluding ortho intramolecular Hbond substituents is 1. The summed E-state index contributed by atoms with van der Waals surface area (Å²) in [7, 11) is 1.27. The summed E-state index contributed by atoms with van der Waals surface area (Å²) in [5.41, 5.74) is 1.24. The van der Waals surface area contributed by atoms with Crippen molar-refractivity contribution >= 4 is 23.3 Å². The molecule has 2 N–H and O–H groups in total. The number of hydrogen-bond acceptors (Lipinski definition) is 4. The van der Waals surface area contributed by atoms with E-state index in [1.54, 1.807) is 18.2 Å². The van der Waals surface area contributed by atoms with Crippen molar-refractivity contribution in [3.05, 3.63) is 58.4 Å². The Morgan fingerprint density at radius 3 is 2.86 bits per heavy atom. The van der Waals surface area contributed by atoms with Crippen LogP contribution in [0, 0.1) is 5.82 Å². The Labute approximate surface area is 126 Å². The number of benzene rings is 2. The molecule has 21 heavy (non-hydrogen) atoms. The summed E-state index contributed by atoms with van der Waals surface area (Å²) in [6.45, 7) is 0.200. The van der Waals surface area contributed by atoms with E-state index in [0.717, 1.165) is 0 Å². The van der Waals surface area contributed by atoms with Crippen LogP contribution in [-0.4, -0.2) is 18.2 Å². The normalized spacial score (nSPS) is 10.2. The van der Waals surface area contributed by atoms with E-state index in [9.17, 15) is 14.3 Å². The molecular weight excluding hydrogens is 297 g/mol. The number of hydrogen-bond donors (Lipinski definition) is 2. The second kappa shape index (κ2) is 6.45. The number of rotatable bonds is 4. The lowest BCUT2D eigenvalue weighted by atomic mass is 10.1. The highest BCUT2D eigenvalue weighted by Gasteiger charge is 2.12. The van der Waals surface area contributed by atoms with Gasteiger partial charge in [0.05, 0.1) is 17.7 Å². The molecule has 0 aliphatic rings. The average Bonchev–Trinajstić information content (AvgIpc) is 2.49. The molecule has 0 atom stereocenters. The lowest BCUT2D eigenvalue weighted by molar-refractivity contribution is 0.0601. The van der Waals surface area contributed by atoms with Gasteiger partial charge < -0.3 is 15.2 Å². The number of esters is 1. The zero-order chi connectivity index (χ0) is 15.4. The van der Waals surface area contributed by atoms with Crippen molar-refractivity contribution in [3.63, 3.8) is 0 Å². The maximum atomic E-state index is 13.2. The number of nitrogens with one attached hydrogen (secondary N) is 1. The van der Waals surface area contributed by atoms with Crippen LogP contribution < -0.4 is 5.32 Å². The molecule has 0 saturated carbocycles. The molecule has 0 fully saturated rings. The zero-order valence-electron chi connectivity index (χ0n) is 11.2. The number of methoxy groups -OCH3 is 1. The standard InChI is InChI=1S/C15H13ClFNO3/c1-21-15(20)11-7-10(5-6-12(11)16)18-8-9-3-2-4-13(17)14(9)19/h2-7,18-19H,8H2,1H3. The molecule has 0 unspecified atom stereocenters. The SMILES string of the molecule is COC(=O)c1cc(NCc2cccc(F)c2O)ccc1Cl. The predicted octanol–water partition coefficient (Wildman–Crippen LogP) is 3.58. The van der Waals surface area contributed by atoms with E-state index in [2.05, 4.69) is 10.1 Å². The Kier molecular flexibility index (Phi) is 4.65. The van der Waals surface area contributed by atoms with E-state index in [1.807, 2.05) is 0 Å². The molecule has 0 aliphatic heterocycles. The monoisotopic (exact) mass is 309 g/mol. The molecule has 110 valence electrons.